The van der Waals surface area contributed by atoms with Crippen LogP contribution >= 0.6 is 0 Å². The van der Waals surface area contributed by atoms with E-state index >= 15 is 0 Å². The van der Waals surface area contributed by atoms with Gasteiger partial charge in [0.05, 0.1) is 22.2 Å². The zero-order chi connectivity index (χ0) is 16.3. The molecule has 0 bridgehead atoms. The summed E-state index contributed by atoms with van der Waals surface area (Å²) in [6, 6.07) is -0.0721. The summed E-state index contributed by atoms with van der Waals surface area (Å²) >= 11 is 0. The third-order valence-electron chi connectivity index (χ3n) is 3.40. The second-order valence-corrected chi connectivity index (χ2v) is 7.84. The van der Waals surface area contributed by atoms with E-state index in [4.69, 9.17) is 4.74 Å². The predicted octanol–water partition coefficient (Wildman–Crippen LogP) is 2.29. The Hall–Kier alpha value is -1.50. The molecule has 7 heteroatoms. The molecule has 1 aliphatic heterocycles. The van der Waals surface area contributed by atoms with Crippen LogP contribution in [0.4, 0.5) is 4.79 Å². The van der Waals surface area contributed by atoms with Crippen molar-refractivity contribution in [2.24, 2.45) is 0 Å². The van der Waals surface area contributed by atoms with E-state index in [-0.39, 0.29) is 12.1 Å². The molecule has 1 aromatic heterocycles. The first-order valence-electron chi connectivity index (χ1n) is 7.43. The molecule has 2 atom stereocenters. The monoisotopic (exact) mass is 325 g/mol. The predicted molar refractivity (Wildman–Crippen MR) is 84.0 cm³/mol. The lowest BCUT2D eigenvalue weighted by molar-refractivity contribution is 0.0241. The Morgan fingerprint density at radius 3 is 2.73 bits per heavy atom. The maximum Gasteiger partial charge on any atom is 0.410 e. The molecule has 6 nitrogen and oxygen atoms in total. The summed E-state index contributed by atoms with van der Waals surface area (Å²) in [7, 11) is -1.27. The number of amides is 1. The van der Waals surface area contributed by atoms with Gasteiger partial charge in [-0.05, 0) is 40.5 Å². The third kappa shape index (κ3) is 4.25. The highest BCUT2D eigenvalue weighted by Gasteiger charge is 2.33. The van der Waals surface area contributed by atoms with Gasteiger partial charge in [-0.1, -0.05) is 0 Å². The zero-order valence-corrected chi connectivity index (χ0v) is 14.4. The lowest BCUT2D eigenvalue weighted by Crippen LogP contribution is -2.42. The van der Waals surface area contributed by atoms with Crippen molar-refractivity contribution in [1.82, 2.24) is 14.9 Å². The number of aromatic nitrogens is 2. The first-order valence-corrected chi connectivity index (χ1v) is 8.75. The van der Waals surface area contributed by atoms with Crippen LogP contribution in [0.2, 0.25) is 0 Å². The highest BCUT2D eigenvalue weighted by Crippen LogP contribution is 2.23. The highest BCUT2D eigenvalue weighted by atomic mass is 32.2. The molecule has 0 radical (unpaired) electrons. The van der Waals surface area contributed by atoms with Gasteiger partial charge < -0.3 is 9.64 Å². The minimum atomic E-state index is -1.27. The van der Waals surface area contributed by atoms with Gasteiger partial charge >= 0.3 is 6.09 Å². The average Bonchev–Trinajstić information content (AvgIpc) is 2.85. The van der Waals surface area contributed by atoms with Crippen LogP contribution < -0.4 is 0 Å². The second-order valence-electron chi connectivity index (χ2n) is 6.43. The Morgan fingerprint density at radius 2 is 2.09 bits per heavy atom. The first kappa shape index (κ1) is 16.9. The summed E-state index contributed by atoms with van der Waals surface area (Å²) in [5.74, 6) is 0.374. The van der Waals surface area contributed by atoms with Crippen molar-refractivity contribution in [3.63, 3.8) is 0 Å². The zero-order valence-electron chi connectivity index (χ0n) is 13.5. The molecule has 1 amide bonds. The number of likely N-dealkylation sites (tertiary alicyclic amines) is 1. The van der Waals surface area contributed by atoms with Crippen LogP contribution in [0.1, 0.15) is 39.3 Å². The van der Waals surface area contributed by atoms with Crippen LogP contribution in [0.5, 0.6) is 0 Å². The molecular formula is C15H23N3O3S. The van der Waals surface area contributed by atoms with Crippen LogP contribution in [-0.2, 0) is 15.5 Å². The molecule has 0 saturated carbocycles. The molecular weight excluding hydrogens is 302 g/mol. The lowest BCUT2D eigenvalue weighted by atomic mass is 10.2. The summed E-state index contributed by atoms with van der Waals surface area (Å²) in [6.45, 7) is 7.97. The standard InChI is InChI=1S/C15H23N3O3S/c1-11-13(17-8-7-16-11)22(20)10-12-6-5-9-18(12)14(19)21-15(2,3)4/h7-8,12H,5-6,9-10H2,1-4H3/t12-,22+/m0/s1. The molecule has 1 fully saturated rings. The average molecular weight is 325 g/mol. The number of carbonyl (C=O) groups excluding carboxylic acids is 1. The quantitative estimate of drug-likeness (QED) is 0.852. The van der Waals surface area contributed by atoms with Gasteiger partial charge in [0.25, 0.3) is 0 Å². The molecule has 0 aromatic carbocycles. The van der Waals surface area contributed by atoms with Gasteiger partial charge in [-0.2, -0.15) is 0 Å². The number of hydrogen-bond acceptors (Lipinski definition) is 5. The van der Waals surface area contributed by atoms with E-state index < -0.39 is 16.4 Å². The molecule has 122 valence electrons. The van der Waals surface area contributed by atoms with Crippen LogP contribution in [-0.4, -0.2) is 49.1 Å². The molecule has 2 rings (SSSR count). The topological polar surface area (TPSA) is 72.4 Å². The van der Waals surface area contributed by atoms with Crippen LogP contribution in [0, 0.1) is 6.92 Å². The molecule has 22 heavy (non-hydrogen) atoms. The fourth-order valence-corrected chi connectivity index (χ4v) is 3.86. The highest BCUT2D eigenvalue weighted by molar-refractivity contribution is 7.85. The van der Waals surface area contributed by atoms with E-state index in [1.807, 2.05) is 20.8 Å². The number of carbonyl (C=O) groups is 1. The Kier molecular flexibility index (Phi) is 5.16. The van der Waals surface area contributed by atoms with Gasteiger partial charge in [-0.3, -0.25) is 9.19 Å². The molecule has 2 heterocycles. The van der Waals surface area contributed by atoms with E-state index in [0.29, 0.717) is 23.0 Å². The van der Waals surface area contributed by atoms with Gasteiger partial charge in [0, 0.05) is 25.0 Å². The van der Waals surface area contributed by atoms with Gasteiger partial charge in [-0.25, -0.2) is 9.78 Å². The van der Waals surface area contributed by atoms with Crippen molar-refractivity contribution in [1.29, 1.82) is 0 Å². The minimum absolute atomic E-state index is 0.0721. The number of aryl methyl sites for hydroxylation is 1. The van der Waals surface area contributed by atoms with E-state index in [2.05, 4.69) is 9.97 Å². The molecule has 0 spiro atoms. The smallest absolute Gasteiger partial charge is 0.410 e. The molecule has 1 aliphatic rings. The molecule has 0 aliphatic carbocycles. The fourth-order valence-electron chi connectivity index (χ4n) is 2.44. The van der Waals surface area contributed by atoms with Crippen LogP contribution in [0.25, 0.3) is 0 Å². The molecule has 1 aromatic rings. The number of nitrogens with zero attached hydrogens (tertiary/aromatic N) is 3. The van der Waals surface area contributed by atoms with Crippen molar-refractivity contribution in [2.45, 2.75) is 57.2 Å². The summed E-state index contributed by atoms with van der Waals surface area (Å²) in [4.78, 5) is 22.2. The number of ether oxygens (including phenoxy) is 1. The van der Waals surface area contributed by atoms with Crippen molar-refractivity contribution in [3.8, 4) is 0 Å². The van der Waals surface area contributed by atoms with Gasteiger partial charge in [0.2, 0.25) is 0 Å². The summed E-state index contributed by atoms with van der Waals surface area (Å²) < 4.78 is 17.9. The van der Waals surface area contributed by atoms with Crippen molar-refractivity contribution in [2.75, 3.05) is 12.3 Å². The Morgan fingerprint density at radius 1 is 1.41 bits per heavy atom. The third-order valence-corrected chi connectivity index (χ3v) is 4.92. The second kappa shape index (κ2) is 6.73. The van der Waals surface area contributed by atoms with Gasteiger partial charge in [0.15, 0.2) is 0 Å². The molecule has 0 unspecified atom stereocenters. The van der Waals surface area contributed by atoms with Crippen LogP contribution in [0.3, 0.4) is 0 Å². The van der Waals surface area contributed by atoms with E-state index in [1.54, 1.807) is 24.2 Å². The van der Waals surface area contributed by atoms with Crippen molar-refractivity contribution < 1.29 is 13.7 Å². The maximum absolute atomic E-state index is 12.5. The van der Waals surface area contributed by atoms with Crippen molar-refractivity contribution >= 4 is 16.9 Å². The van der Waals surface area contributed by atoms with E-state index in [9.17, 15) is 9.00 Å². The minimum Gasteiger partial charge on any atom is -0.444 e. The summed E-state index contributed by atoms with van der Waals surface area (Å²) in [5.41, 5.74) is 0.146. The van der Waals surface area contributed by atoms with E-state index in [1.165, 1.54) is 0 Å². The lowest BCUT2D eigenvalue weighted by Gasteiger charge is -2.28. The fraction of sp³-hybridized carbons (Fsp3) is 0.667. The Balaban J connectivity index is 2.04. The normalized spacial score (nSPS) is 20.0. The molecule has 0 N–H and O–H groups in total. The number of hydrogen-bond donors (Lipinski definition) is 0. The van der Waals surface area contributed by atoms with Gasteiger partial charge in [0.1, 0.15) is 10.6 Å². The van der Waals surface area contributed by atoms with Crippen molar-refractivity contribution in [3.05, 3.63) is 18.1 Å². The molecule has 1 saturated heterocycles. The maximum atomic E-state index is 12.5. The summed E-state index contributed by atoms with van der Waals surface area (Å²) in [5, 5.41) is 0.499. The first-order chi connectivity index (χ1) is 10.3. The van der Waals surface area contributed by atoms with E-state index in [0.717, 1.165) is 12.8 Å². The van der Waals surface area contributed by atoms with Gasteiger partial charge in [-0.15, -0.1) is 0 Å². The Labute approximate surface area is 133 Å². The van der Waals surface area contributed by atoms with Crippen LogP contribution in [0.15, 0.2) is 17.4 Å². The number of rotatable bonds is 3. The summed E-state index contributed by atoms with van der Waals surface area (Å²) in [6.07, 6.45) is 4.53. The Bertz CT molecular complexity index is 571. The largest absolute Gasteiger partial charge is 0.444 e. The SMILES string of the molecule is Cc1nccnc1[S@](=O)C[C@@H]1CCCN1C(=O)OC(C)(C)C.